The molecule has 10 heteroatoms. The van der Waals surface area contributed by atoms with Gasteiger partial charge in [0.2, 0.25) is 0 Å². The number of methoxy groups -OCH3 is 1. The van der Waals surface area contributed by atoms with Crippen molar-refractivity contribution in [3.05, 3.63) is 80.4 Å². The number of nitrogens with zero attached hydrogens (tertiary/aromatic N) is 2. The summed E-state index contributed by atoms with van der Waals surface area (Å²) in [5.74, 6) is 0.122. The van der Waals surface area contributed by atoms with Gasteiger partial charge in [-0.15, -0.1) is 0 Å². The van der Waals surface area contributed by atoms with Crippen LogP contribution in [0.4, 0.5) is 11.5 Å². The van der Waals surface area contributed by atoms with Gasteiger partial charge in [-0.25, -0.2) is 4.98 Å². The Morgan fingerprint density at radius 2 is 1.61 bits per heavy atom. The molecule has 170 valence electrons. The molecule has 0 aliphatic rings. The molecule has 0 spiro atoms. The highest BCUT2D eigenvalue weighted by atomic mass is 79.9. The van der Waals surface area contributed by atoms with Gasteiger partial charge >= 0.3 is 0 Å². The van der Waals surface area contributed by atoms with Gasteiger partial charge in [-0.2, -0.15) is 0 Å². The van der Waals surface area contributed by atoms with Gasteiger partial charge in [-0.05, 0) is 52.3 Å². The second-order valence-electron chi connectivity index (χ2n) is 7.12. The van der Waals surface area contributed by atoms with Crippen LogP contribution < -0.4 is 15.4 Å². The lowest BCUT2D eigenvalue weighted by Crippen LogP contribution is -2.22. The normalized spacial score (nSPS) is 10.3. The van der Waals surface area contributed by atoms with Crippen LogP contribution in [0.2, 0.25) is 0 Å². The molecule has 3 N–H and O–H groups in total. The van der Waals surface area contributed by atoms with Crippen molar-refractivity contribution in [2.45, 2.75) is 0 Å². The lowest BCUT2D eigenvalue weighted by Gasteiger charge is -2.16. The number of ether oxygens (including phenoxy) is 1. The third-order valence-electron chi connectivity index (χ3n) is 4.61. The second-order valence-corrected chi connectivity index (χ2v) is 8.95. The monoisotopic (exact) mass is 573 g/mol. The van der Waals surface area contributed by atoms with E-state index in [1.165, 1.54) is 7.11 Å². The molecule has 0 saturated carbocycles. The predicted octanol–water partition coefficient (Wildman–Crippen LogP) is 5.01. The minimum Gasteiger partial charge on any atom is -0.495 e. The summed E-state index contributed by atoms with van der Waals surface area (Å²) in [5, 5.41) is 13.6. The van der Waals surface area contributed by atoms with Crippen LogP contribution >= 0.6 is 31.9 Å². The molecule has 8 nitrogen and oxygen atoms in total. The minimum absolute atomic E-state index is 0.199. The van der Waals surface area contributed by atoms with Crippen molar-refractivity contribution in [2.24, 2.45) is 0 Å². The highest BCUT2D eigenvalue weighted by Crippen LogP contribution is 2.33. The van der Waals surface area contributed by atoms with Crippen LogP contribution in [0, 0.1) is 5.41 Å². The van der Waals surface area contributed by atoms with Gasteiger partial charge in [0.25, 0.3) is 11.8 Å². The quantitative estimate of drug-likeness (QED) is 0.283. The summed E-state index contributed by atoms with van der Waals surface area (Å²) in [5.41, 5.74) is 1.48. The van der Waals surface area contributed by atoms with Crippen molar-refractivity contribution in [2.75, 3.05) is 31.8 Å². The van der Waals surface area contributed by atoms with Gasteiger partial charge in [0.1, 0.15) is 17.4 Å². The zero-order chi connectivity index (χ0) is 24.1. The van der Waals surface area contributed by atoms with Crippen molar-refractivity contribution >= 4 is 61.0 Å². The van der Waals surface area contributed by atoms with Crippen molar-refractivity contribution in [3.8, 4) is 5.75 Å². The predicted molar refractivity (Wildman–Crippen MR) is 135 cm³/mol. The van der Waals surface area contributed by atoms with Crippen molar-refractivity contribution in [3.63, 3.8) is 0 Å². The first kappa shape index (κ1) is 24.4. The van der Waals surface area contributed by atoms with Crippen molar-refractivity contribution in [1.29, 1.82) is 5.41 Å². The maximum Gasteiger partial charge on any atom is 0.259 e. The first-order chi connectivity index (χ1) is 15.7. The topological polar surface area (TPSA) is 107 Å². The van der Waals surface area contributed by atoms with Crippen molar-refractivity contribution in [1.82, 2.24) is 9.88 Å². The summed E-state index contributed by atoms with van der Waals surface area (Å²) >= 11 is 6.68. The van der Waals surface area contributed by atoms with Crippen LogP contribution in [0.25, 0.3) is 0 Å². The zero-order valence-corrected chi connectivity index (χ0v) is 21.2. The average molecular weight is 575 g/mol. The van der Waals surface area contributed by atoms with Crippen LogP contribution in [0.15, 0.2) is 63.7 Å². The fraction of sp³-hybridized carbons (Fsp3) is 0.130. The maximum absolute atomic E-state index is 13.0. The Bertz CT molecular complexity index is 1200. The molecule has 3 aromatic rings. The van der Waals surface area contributed by atoms with Gasteiger partial charge in [0.15, 0.2) is 0 Å². The van der Waals surface area contributed by atoms with Crippen LogP contribution in [-0.4, -0.2) is 48.7 Å². The van der Waals surface area contributed by atoms with Crippen molar-refractivity contribution < 1.29 is 14.3 Å². The van der Waals surface area contributed by atoms with Gasteiger partial charge < -0.3 is 20.3 Å². The van der Waals surface area contributed by atoms with E-state index in [0.717, 1.165) is 4.47 Å². The lowest BCUT2D eigenvalue weighted by atomic mass is 10.1. The molecule has 33 heavy (non-hydrogen) atoms. The fourth-order valence-corrected chi connectivity index (χ4v) is 3.58. The van der Waals surface area contributed by atoms with Gasteiger partial charge in [0.05, 0.1) is 18.4 Å². The Kier molecular flexibility index (Phi) is 7.83. The summed E-state index contributed by atoms with van der Waals surface area (Å²) in [6.45, 7) is 0. The summed E-state index contributed by atoms with van der Waals surface area (Å²) in [7, 11) is 5.01. The number of anilines is 2. The molecule has 0 bridgehead atoms. The number of hydrogen-bond donors (Lipinski definition) is 3. The maximum atomic E-state index is 13.0. The van der Waals surface area contributed by atoms with E-state index < -0.39 is 11.8 Å². The highest BCUT2D eigenvalue weighted by molar-refractivity contribution is 9.10. The van der Waals surface area contributed by atoms with Gasteiger partial charge in [-0.1, -0.05) is 28.1 Å². The molecule has 0 aliphatic carbocycles. The van der Waals surface area contributed by atoms with Gasteiger partial charge in [0, 0.05) is 40.4 Å². The molecule has 0 unspecified atom stereocenters. The molecular formula is C23H21Br2N5O3. The molecule has 0 radical (unpaired) electrons. The van der Waals surface area contributed by atoms with E-state index in [1.807, 2.05) is 0 Å². The van der Waals surface area contributed by atoms with E-state index >= 15 is 0 Å². The number of rotatable bonds is 6. The Labute approximate surface area is 208 Å². The summed E-state index contributed by atoms with van der Waals surface area (Å²) in [6.07, 6.45) is 1.57. The Balaban J connectivity index is 1.90. The number of carbonyl (C=O) groups excluding carboxylic acids is 2. The van der Waals surface area contributed by atoms with Crippen LogP contribution in [0.5, 0.6) is 5.75 Å². The molecule has 0 saturated heterocycles. The van der Waals surface area contributed by atoms with E-state index in [1.54, 1.807) is 73.7 Å². The van der Waals surface area contributed by atoms with E-state index in [-0.39, 0.29) is 11.3 Å². The summed E-state index contributed by atoms with van der Waals surface area (Å²) in [4.78, 5) is 31.8. The molecule has 0 aliphatic heterocycles. The second kappa shape index (κ2) is 10.6. The summed E-state index contributed by atoms with van der Waals surface area (Å²) < 4.78 is 6.81. The molecule has 3 rings (SSSR count). The number of nitrogens with one attached hydrogen (secondary N) is 3. The SMILES string of the molecule is COc1cc(Br)cc(C(=O)Nc2ccc(Br)cn2)c1NC(=O)c1ccc(C(=N)N(C)C)cc1. The highest BCUT2D eigenvalue weighted by Gasteiger charge is 2.21. The Morgan fingerprint density at radius 3 is 2.18 bits per heavy atom. The lowest BCUT2D eigenvalue weighted by molar-refractivity contribution is 0.102. The third kappa shape index (κ3) is 5.96. The van der Waals surface area contributed by atoms with Crippen LogP contribution in [0.1, 0.15) is 26.3 Å². The number of hydrogen-bond acceptors (Lipinski definition) is 5. The zero-order valence-electron chi connectivity index (χ0n) is 18.1. The Morgan fingerprint density at radius 1 is 0.939 bits per heavy atom. The van der Waals surface area contributed by atoms with Crippen LogP contribution in [0.3, 0.4) is 0 Å². The number of benzene rings is 2. The molecule has 2 aromatic carbocycles. The standard InChI is InChI=1S/C23H21Br2N5O3/c1-30(2)21(26)13-4-6-14(7-5-13)22(31)29-20-17(10-16(25)11-18(20)33-3)23(32)28-19-9-8-15(24)12-27-19/h4-12,26H,1-3H3,(H,29,31)(H,27,28,32). The van der Waals surface area contributed by atoms with Crippen LogP contribution in [-0.2, 0) is 0 Å². The first-order valence-corrected chi connectivity index (χ1v) is 11.3. The average Bonchev–Trinajstić information content (AvgIpc) is 2.80. The molecule has 2 amide bonds. The Hall–Kier alpha value is -3.24. The third-order valence-corrected chi connectivity index (χ3v) is 5.53. The largest absolute Gasteiger partial charge is 0.495 e. The number of pyridine rings is 1. The molecule has 0 fully saturated rings. The fourth-order valence-electron chi connectivity index (χ4n) is 2.91. The van der Waals surface area contributed by atoms with Gasteiger partial charge in [-0.3, -0.25) is 15.0 Å². The number of carbonyl (C=O) groups is 2. The van der Waals surface area contributed by atoms with E-state index in [4.69, 9.17) is 10.1 Å². The minimum atomic E-state index is -0.463. The first-order valence-electron chi connectivity index (χ1n) is 9.67. The van der Waals surface area contributed by atoms with E-state index in [9.17, 15) is 9.59 Å². The number of amides is 2. The number of aromatic nitrogens is 1. The van der Waals surface area contributed by atoms with E-state index in [2.05, 4.69) is 47.5 Å². The molecular weight excluding hydrogens is 554 g/mol. The number of halogens is 2. The molecule has 1 heterocycles. The van der Waals surface area contributed by atoms with E-state index in [0.29, 0.717) is 33.0 Å². The molecule has 0 atom stereocenters. The molecule has 1 aromatic heterocycles. The smallest absolute Gasteiger partial charge is 0.259 e. The number of amidine groups is 1. The summed E-state index contributed by atoms with van der Waals surface area (Å²) in [6, 6.07) is 13.3.